The smallest absolute Gasteiger partial charge is 0.259 e. The minimum absolute atomic E-state index is 0.0585. The Balaban J connectivity index is 2.25. The average molecular weight is 390 g/mol. The molecule has 0 aliphatic heterocycles. The molecule has 0 bridgehead atoms. The van der Waals surface area contributed by atoms with Crippen LogP contribution in [0, 0.1) is 3.57 Å². The lowest BCUT2D eigenvalue weighted by atomic mass is 10.2. The van der Waals surface area contributed by atoms with Crippen molar-refractivity contribution in [2.75, 3.05) is 5.32 Å². The van der Waals surface area contributed by atoms with Crippen molar-refractivity contribution in [2.45, 2.75) is 0 Å². The van der Waals surface area contributed by atoms with Gasteiger partial charge in [0.1, 0.15) is 11.5 Å². The molecular formula is C13H9ClINO3. The molecule has 2 aromatic carbocycles. The number of carbonyl (C=O) groups is 1. The van der Waals surface area contributed by atoms with Crippen molar-refractivity contribution >= 4 is 45.8 Å². The van der Waals surface area contributed by atoms with E-state index in [1.165, 1.54) is 24.3 Å². The molecule has 0 saturated carbocycles. The minimum atomic E-state index is -0.447. The molecule has 6 heteroatoms. The number of phenols is 2. The fourth-order valence-electron chi connectivity index (χ4n) is 1.47. The first-order valence-electron chi connectivity index (χ1n) is 5.26. The predicted molar refractivity (Wildman–Crippen MR) is 81.9 cm³/mol. The first-order chi connectivity index (χ1) is 8.97. The molecule has 2 aromatic rings. The first kappa shape index (κ1) is 14.0. The Morgan fingerprint density at radius 2 is 1.79 bits per heavy atom. The molecular weight excluding hydrogens is 381 g/mol. The number of hydrogen-bond donors (Lipinski definition) is 3. The van der Waals surface area contributed by atoms with Crippen molar-refractivity contribution in [1.29, 1.82) is 0 Å². The van der Waals surface area contributed by atoms with Gasteiger partial charge in [-0.05, 0) is 59.0 Å². The van der Waals surface area contributed by atoms with Gasteiger partial charge in [-0.1, -0.05) is 11.6 Å². The summed E-state index contributed by atoms with van der Waals surface area (Å²) in [5.41, 5.74) is 0.613. The summed E-state index contributed by atoms with van der Waals surface area (Å²) < 4.78 is 0.837. The number of phenolic OH excluding ortho intramolecular Hbond substituents is 2. The minimum Gasteiger partial charge on any atom is -0.507 e. The van der Waals surface area contributed by atoms with Crippen LogP contribution in [0.2, 0.25) is 5.02 Å². The van der Waals surface area contributed by atoms with E-state index < -0.39 is 5.91 Å². The Labute approximate surface area is 128 Å². The number of hydrogen-bond acceptors (Lipinski definition) is 3. The Hall–Kier alpha value is -1.47. The fourth-order valence-corrected chi connectivity index (χ4v) is 2.14. The molecule has 4 nitrogen and oxygen atoms in total. The lowest BCUT2D eigenvalue weighted by molar-refractivity contribution is 0.102. The lowest BCUT2D eigenvalue weighted by Gasteiger charge is -2.08. The molecule has 0 aliphatic carbocycles. The molecule has 0 aliphatic rings. The zero-order valence-electron chi connectivity index (χ0n) is 9.52. The van der Waals surface area contributed by atoms with Crippen LogP contribution < -0.4 is 5.32 Å². The number of anilines is 1. The number of benzene rings is 2. The van der Waals surface area contributed by atoms with Gasteiger partial charge in [0, 0.05) is 9.26 Å². The largest absolute Gasteiger partial charge is 0.507 e. The van der Waals surface area contributed by atoms with Crippen LogP contribution in [0.4, 0.5) is 5.69 Å². The van der Waals surface area contributed by atoms with E-state index in [1.54, 1.807) is 12.1 Å². The summed E-state index contributed by atoms with van der Waals surface area (Å²) in [5, 5.41) is 21.7. The Bertz CT molecular complexity index is 646. The Morgan fingerprint density at radius 1 is 1.11 bits per heavy atom. The third-order valence-electron chi connectivity index (χ3n) is 2.41. The van der Waals surface area contributed by atoms with Gasteiger partial charge >= 0.3 is 0 Å². The summed E-state index contributed by atoms with van der Waals surface area (Å²) in [6.07, 6.45) is 0. The quantitative estimate of drug-likeness (QED) is 0.543. The molecule has 3 N–H and O–H groups in total. The standard InChI is InChI=1S/C13H9ClINO3/c14-10-6-8(2-4-12(10)18)16-13(19)9-5-7(15)1-3-11(9)17/h1-6,17-18H,(H,16,19). The van der Waals surface area contributed by atoms with E-state index >= 15 is 0 Å². The monoisotopic (exact) mass is 389 g/mol. The van der Waals surface area contributed by atoms with Crippen LogP contribution in [0.15, 0.2) is 36.4 Å². The molecule has 0 atom stereocenters. The van der Waals surface area contributed by atoms with E-state index in [9.17, 15) is 15.0 Å². The van der Waals surface area contributed by atoms with Crippen LogP contribution >= 0.6 is 34.2 Å². The van der Waals surface area contributed by atoms with Gasteiger partial charge in [-0.25, -0.2) is 0 Å². The van der Waals surface area contributed by atoms with E-state index in [2.05, 4.69) is 27.9 Å². The highest BCUT2D eigenvalue weighted by molar-refractivity contribution is 14.1. The zero-order valence-corrected chi connectivity index (χ0v) is 12.4. The van der Waals surface area contributed by atoms with Crippen molar-refractivity contribution in [3.63, 3.8) is 0 Å². The van der Waals surface area contributed by atoms with Crippen LogP contribution in [0.5, 0.6) is 11.5 Å². The second-order valence-corrected chi connectivity index (χ2v) is 5.43. The number of nitrogens with one attached hydrogen (secondary N) is 1. The maximum absolute atomic E-state index is 12.0. The summed E-state index contributed by atoms with van der Waals surface area (Å²) in [4.78, 5) is 12.0. The summed E-state index contributed by atoms with van der Waals surface area (Å²) in [7, 11) is 0. The van der Waals surface area contributed by atoms with E-state index in [1.807, 2.05) is 0 Å². The molecule has 2 rings (SSSR count). The van der Waals surface area contributed by atoms with Gasteiger partial charge in [-0.15, -0.1) is 0 Å². The first-order valence-corrected chi connectivity index (χ1v) is 6.71. The second kappa shape index (κ2) is 5.66. The van der Waals surface area contributed by atoms with Gasteiger partial charge in [0.15, 0.2) is 0 Å². The maximum atomic E-state index is 12.0. The average Bonchev–Trinajstić information content (AvgIpc) is 2.36. The summed E-state index contributed by atoms with van der Waals surface area (Å²) in [6, 6.07) is 9.06. The predicted octanol–water partition coefficient (Wildman–Crippen LogP) is 3.61. The number of carbonyl (C=O) groups excluding carboxylic acids is 1. The Morgan fingerprint density at radius 3 is 2.47 bits per heavy atom. The van der Waals surface area contributed by atoms with Crippen LogP contribution in [-0.2, 0) is 0 Å². The summed E-state index contributed by atoms with van der Waals surface area (Å²) in [6.45, 7) is 0. The number of rotatable bonds is 2. The van der Waals surface area contributed by atoms with Gasteiger partial charge in [-0.3, -0.25) is 4.79 Å². The molecule has 0 heterocycles. The van der Waals surface area contributed by atoms with Crippen molar-refractivity contribution in [3.8, 4) is 11.5 Å². The third kappa shape index (κ3) is 3.30. The molecule has 0 saturated heterocycles. The normalized spacial score (nSPS) is 10.2. The number of aromatic hydroxyl groups is 2. The van der Waals surface area contributed by atoms with E-state index in [0.29, 0.717) is 5.69 Å². The molecule has 1 amide bonds. The van der Waals surface area contributed by atoms with Crippen molar-refractivity contribution < 1.29 is 15.0 Å². The van der Waals surface area contributed by atoms with Crippen LogP contribution in [-0.4, -0.2) is 16.1 Å². The highest BCUT2D eigenvalue weighted by Gasteiger charge is 2.12. The molecule has 0 aromatic heterocycles. The van der Waals surface area contributed by atoms with Crippen molar-refractivity contribution in [2.24, 2.45) is 0 Å². The van der Waals surface area contributed by atoms with E-state index in [4.69, 9.17) is 11.6 Å². The number of halogens is 2. The van der Waals surface area contributed by atoms with Crippen LogP contribution in [0.1, 0.15) is 10.4 Å². The highest BCUT2D eigenvalue weighted by Crippen LogP contribution is 2.27. The maximum Gasteiger partial charge on any atom is 0.259 e. The molecule has 0 radical (unpaired) electrons. The number of amides is 1. The Kier molecular flexibility index (Phi) is 4.16. The fraction of sp³-hybridized carbons (Fsp3) is 0. The second-order valence-electron chi connectivity index (χ2n) is 3.78. The van der Waals surface area contributed by atoms with E-state index in [-0.39, 0.29) is 22.1 Å². The van der Waals surface area contributed by atoms with Gasteiger partial charge in [0.05, 0.1) is 10.6 Å². The van der Waals surface area contributed by atoms with Gasteiger partial charge < -0.3 is 15.5 Å². The third-order valence-corrected chi connectivity index (χ3v) is 3.38. The van der Waals surface area contributed by atoms with Crippen LogP contribution in [0.3, 0.4) is 0 Å². The van der Waals surface area contributed by atoms with Gasteiger partial charge in [0.25, 0.3) is 5.91 Å². The summed E-state index contributed by atoms with van der Waals surface area (Å²) in [5.74, 6) is -0.600. The lowest BCUT2D eigenvalue weighted by Crippen LogP contribution is -2.12. The van der Waals surface area contributed by atoms with Gasteiger partial charge in [-0.2, -0.15) is 0 Å². The highest BCUT2D eigenvalue weighted by atomic mass is 127. The van der Waals surface area contributed by atoms with E-state index in [0.717, 1.165) is 3.57 Å². The molecule has 0 fully saturated rings. The molecule has 19 heavy (non-hydrogen) atoms. The van der Waals surface area contributed by atoms with Crippen molar-refractivity contribution in [3.05, 3.63) is 50.6 Å². The molecule has 0 unspecified atom stereocenters. The molecule has 98 valence electrons. The van der Waals surface area contributed by atoms with Crippen molar-refractivity contribution in [1.82, 2.24) is 0 Å². The van der Waals surface area contributed by atoms with Gasteiger partial charge in [0.2, 0.25) is 0 Å². The van der Waals surface area contributed by atoms with Crippen LogP contribution in [0.25, 0.3) is 0 Å². The summed E-state index contributed by atoms with van der Waals surface area (Å²) >= 11 is 7.80. The topological polar surface area (TPSA) is 69.6 Å². The SMILES string of the molecule is O=C(Nc1ccc(O)c(Cl)c1)c1cc(I)ccc1O. The molecule has 0 spiro atoms. The zero-order chi connectivity index (χ0) is 14.0.